The van der Waals surface area contributed by atoms with Crippen LogP contribution in [0, 0.1) is 5.82 Å². The first-order chi connectivity index (χ1) is 13.5. The summed E-state index contributed by atoms with van der Waals surface area (Å²) >= 11 is 5.99. The molecule has 2 aromatic carbocycles. The molecule has 1 aromatic heterocycles. The van der Waals surface area contributed by atoms with E-state index in [1.165, 1.54) is 25.4 Å². The lowest BCUT2D eigenvalue weighted by molar-refractivity contribution is 0.102. The summed E-state index contributed by atoms with van der Waals surface area (Å²) in [5.41, 5.74) is 2.61. The SMILES string of the molecule is COc1ccc(Cl)cc1NC(=O)c1cncc(NCCc2ccc(F)cc2)c1. The maximum Gasteiger partial charge on any atom is 0.257 e. The predicted molar refractivity (Wildman–Crippen MR) is 109 cm³/mol. The van der Waals surface area contributed by atoms with Crippen LogP contribution in [-0.2, 0) is 6.42 Å². The summed E-state index contributed by atoms with van der Waals surface area (Å²) in [5, 5.41) is 6.49. The molecule has 3 aromatic rings. The van der Waals surface area contributed by atoms with Gasteiger partial charge < -0.3 is 15.4 Å². The molecule has 28 heavy (non-hydrogen) atoms. The molecule has 2 N–H and O–H groups in total. The lowest BCUT2D eigenvalue weighted by atomic mass is 10.1. The van der Waals surface area contributed by atoms with Crippen LogP contribution in [0.15, 0.2) is 60.9 Å². The highest BCUT2D eigenvalue weighted by molar-refractivity contribution is 6.31. The molecule has 0 radical (unpaired) electrons. The van der Waals surface area contributed by atoms with Crippen LogP contribution >= 0.6 is 11.6 Å². The molecule has 0 aliphatic carbocycles. The van der Waals surface area contributed by atoms with Crippen LogP contribution in [-0.4, -0.2) is 24.5 Å². The van der Waals surface area contributed by atoms with Crippen LogP contribution < -0.4 is 15.4 Å². The van der Waals surface area contributed by atoms with Gasteiger partial charge in [-0.3, -0.25) is 9.78 Å². The van der Waals surface area contributed by atoms with Crippen molar-refractivity contribution < 1.29 is 13.9 Å². The molecule has 0 aliphatic rings. The zero-order valence-electron chi connectivity index (χ0n) is 15.2. The van der Waals surface area contributed by atoms with E-state index in [1.807, 2.05) is 0 Å². The fourth-order valence-electron chi connectivity index (χ4n) is 2.64. The molecule has 0 atom stereocenters. The van der Waals surface area contributed by atoms with Gasteiger partial charge >= 0.3 is 0 Å². The number of hydrogen-bond acceptors (Lipinski definition) is 4. The van der Waals surface area contributed by atoms with E-state index in [0.29, 0.717) is 34.3 Å². The molecule has 1 heterocycles. The number of rotatable bonds is 7. The first-order valence-electron chi connectivity index (χ1n) is 8.63. The van der Waals surface area contributed by atoms with E-state index >= 15 is 0 Å². The Labute approximate surface area is 167 Å². The van der Waals surface area contributed by atoms with Gasteiger partial charge in [0.2, 0.25) is 0 Å². The van der Waals surface area contributed by atoms with Gasteiger partial charge in [0.1, 0.15) is 11.6 Å². The molecule has 0 unspecified atom stereocenters. The number of ether oxygens (including phenoxy) is 1. The highest BCUT2D eigenvalue weighted by Crippen LogP contribution is 2.28. The molecule has 1 amide bonds. The summed E-state index contributed by atoms with van der Waals surface area (Å²) in [7, 11) is 1.52. The van der Waals surface area contributed by atoms with Gasteiger partial charge in [-0.15, -0.1) is 0 Å². The number of nitrogens with zero attached hydrogens (tertiary/aromatic N) is 1. The van der Waals surface area contributed by atoms with Gasteiger partial charge in [0.25, 0.3) is 5.91 Å². The maximum atomic E-state index is 12.9. The summed E-state index contributed by atoms with van der Waals surface area (Å²) < 4.78 is 18.2. The van der Waals surface area contributed by atoms with E-state index in [2.05, 4.69) is 15.6 Å². The number of carbonyl (C=O) groups is 1. The van der Waals surface area contributed by atoms with Crippen molar-refractivity contribution in [3.63, 3.8) is 0 Å². The van der Waals surface area contributed by atoms with E-state index in [9.17, 15) is 9.18 Å². The van der Waals surface area contributed by atoms with E-state index in [-0.39, 0.29) is 11.7 Å². The Morgan fingerprint density at radius 2 is 1.93 bits per heavy atom. The Hall–Kier alpha value is -3.12. The molecule has 3 rings (SSSR count). The summed E-state index contributed by atoms with van der Waals surface area (Å²) in [4.78, 5) is 16.7. The summed E-state index contributed by atoms with van der Waals surface area (Å²) in [6.45, 7) is 0.625. The number of aromatic nitrogens is 1. The third-order valence-corrected chi connectivity index (χ3v) is 4.30. The highest BCUT2D eigenvalue weighted by atomic mass is 35.5. The van der Waals surface area contributed by atoms with Gasteiger partial charge in [0.05, 0.1) is 24.0 Å². The largest absolute Gasteiger partial charge is 0.495 e. The molecule has 0 bridgehead atoms. The fraction of sp³-hybridized carbons (Fsp3) is 0.143. The van der Waals surface area contributed by atoms with Crippen molar-refractivity contribution in [2.45, 2.75) is 6.42 Å². The van der Waals surface area contributed by atoms with Crippen molar-refractivity contribution in [3.05, 3.63) is 82.9 Å². The van der Waals surface area contributed by atoms with Crippen LogP contribution in [0.5, 0.6) is 5.75 Å². The van der Waals surface area contributed by atoms with Gasteiger partial charge in [0.15, 0.2) is 0 Å². The van der Waals surface area contributed by atoms with Crippen LogP contribution in [0.4, 0.5) is 15.8 Å². The molecule has 0 saturated carbocycles. The first-order valence-corrected chi connectivity index (χ1v) is 9.01. The zero-order chi connectivity index (χ0) is 19.9. The Kier molecular flexibility index (Phi) is 6.45. The van der Waals surface area contributed by atoms with E-state index in [1.54, 1.807) is 42.6 Å². The second kappa shape index (κ2) is 9.19. The lowest BCUT2D eigenvalue weighted by Gasteiger charge is -2.11. The van der Waals surface area contributed by atoms with Crippen molar-refractivity contribution in [1.82, 2.24) is 4.98 Å². The van der Waals surface area contributed by atoms with Crippen molar-refractivity contribution in [3.8, 4) is 5.75 Å². The summed E-state index contributed by atoms with van der Waals surface area (Å²) in [6.07, 6.45) is 3.84. The van der Waals surface area contributed by atoms with Gasteiger partial charge in [-0.1, -0.05) is 23.7 Å². The molecule has 0 spiro atoms. The number of hydrogen-bond donors (Lipinski definition) is 2. The Morgan fingerprint density at radius 1 is 1.14 bits per heavy atom. The van der Waals surface area contributed by atoms with Crippen LogP contribution in [0.1, 0.15) is 15.9 Å². The average Bonchev–Trinajstić information content (AvgIpc) is 2.70. The van der Waals surface area contributed by atoms with Gasteiger partial charge in [-0.25, -0.2) is 4.39 Å². The number of benzene rings is 2. The minimum Gasteiger partial charge on any atom is -0.495 e. The smallest absolute Gasteiger partial charge is 0.257 e. The topological polar surface area (TPSA) is 63.2 Å². The van der Waals surface area contributed by atoms with E-state index in [0.717, 1.165) is 12.0 Å². The fourth-order valence-corrected chi connectivity index (χ4v) is 2.81. The molecule has 0 saturated heterocycles. The number of methoxy groups -OCH3 is 1. The molecule has 0 fully saturated rings. The molecule has 7 heteroatoms. The Morgan fingerprint density at radius 3 is 2.68 bits per heavy atom. The summed E-state index contributed by atoms with van der Waals surface area (Å²) in [5.74, 6) is -0.0644. The highest BCUT2D eigenvalue weighted by Gasteiger charge is 2.11. The van der Waals surface area contributed by atoms with Crippen molar-refractivity contribution in [2.24, 2.45) is 0 Å². The number of nitrogens with one attached hydrogen (secondary N) is 2. The molecule has 5 nitrogen and oxygen atoms in total. The Balaban J connectivity index is 1.63. The monoisotopic (exact) mass is 399 g/mol. The minimum atomic E-state index is -0.324. The van der Waals surface area contributed by atoms with Gasteiger partial charge in [-0.2, -0.15) is 0 Å². The van der Waals surface area contributed by atoms with Gasteiger partial charge in [0, 0.05) is 24.0 Å². The van der Waals surface area contributed by atoms with Crippen LogP contribution in [0.2, 0.25) is 5.02 Å². The number of amides is 1. The van der Waals surface area contributed by atoms with Crippen molar-refractivity contribution in [2.75, 3.05) is 24.3 Å². The molecular formula is C21H19ClFN3O2. The number of anilines is 2. The van der Waals surface area contributed by atoms with Gasteiger partial charge in [-0.05, 0) is 48.4 Å². The van der Waals surface area contributed by atoms with E-state index < -0.39 is 0 Å². The minimum absolute atomic E-state index is 0.254. The second-order valence-electron chi connectivity index (χ2n) is 6.06. The third-order valence-electron chi connectivity index (χ3n) is 4.07. The predicted octanol–water partition coefficient (Wildman–Crippen LogP) is 4.79. The van der Waals surface area contributed by atoms with E-state index in [4.69, 9.17) is 16.3 Å². The normalized spacial score (nSPS) is 10.4. The maximum absolute atomic E-state index is 12.9. The number of pyridine rings is 1. The number of carbonyl (C=O) groups excluding carboxylic acids is 1. The standard InChI is InChI=1S/C21H19ClFN3O2/c1-28-20-7-4-16(22)11-19(20)26-21(27)15-10-18(13-24-12-15)25-9-8-14-2-5-17(23)6-3-14/h2-7,10-13,25H,8-9H2,1H3,(H,26,27). The second-order valence-corrected chi connectivity index (χ2v) is 6.50. The van der Waals surface area contributed by atoms with Crippen molar-refractivity contribution in [1.29, 1.82) is 0 Å². The molecular weight excluding hydrogens is 381 g/mol. The third kappa shape index (κ3) is 5.20. The first kappa shape index (κ1) is 19.6. The zero-order valence-corrected chi connectivity index (χ0v) is 16.0. The van der Waals surface area contributed by atoms with Crippen LogP contribution in [0.3, 0.4) is 0 Å². The average molecular weight is 400 g/mol. The van der Waals surface area contributed by atoms with Crippen LogP contribution in [0.25, 0.3) is 0 Å². The molecule has 144 valence electrons. The quantitative estimate of drug-likeness (QED) is 0.599. The summed E-state index contributed by atoms with van der Waals surface area (Å²) in [6, 6.07) is 13.1. The molecule has 0 aliphatic heterocycles. The Bertz CT molecular complexity index is 964. The number of halogens is 2. The lowest BCUT2D eigenvalue weighted by Crippen LogP contribution is -2.14. The van der Waals surface area contributed by atoms with Crippen molar-refractivity contribution >= 4 is 28.9 Å².